The van der Waals surface area contributed by atoms with Crippen LogP contribution in [0.4, 0.5) is 23.2 Å². The van der Waals surface area contributed by atoms with E-state index < -0.39 is 41.2 Å². The molecule has 0 fully saturated rings. The van der Waals surface area contributed by atoms with Crippen LogP contribution in [0.3, 0.4) is 0 Å². The fraction of sp³-hybridized carbons (Fsp3) is 0.529. The zero-order valence-electron chi connectivity index (χ0n) is 15.1. The molecule has 0 aliphatic carbocycles. The minimum atomic E-state index is -5.22. The van der Waals surface area contributed by atoms with Gasteiger partial charge in [-0.3, -0.25) is 9.69 Å². The van der Waals surface area contributed by atoms with Crippen LogP contribution in [-0.4, -0.2) is 43.4 Å². The molecule has 0 spiro atoms. The Balaban J connectivity index is 3.52. The van der Waals surface area contributed by atoms with Crippen molar-refractivity contribution in [3.8, 4) is 0 Å². The third-order valence-electron chi connectivity index (χ3n) is 3.15. The summed E-state index contributed by atoms with van der Waals surface area (Å²) in [6.45, 7) is 5.74. The molecule has 0 saturated carbocycles. The van der Waals surface area contributed by atoms with E-state index in [9.17, 15) is 27.2 Å². The summed E-state index contributed by atoms with van der Waals surface area (Å²) in [6.07, 6.45) is -5.22. The average molecular weight is 379 g/mol. The van der Waals surface area contributed by atoms with Crippen molar-refractivity contribution < 1.29 is 36.6 Å². The fourth-order valence-corrected chi connectivity index (χ4v) is 2.21. The van der Waals surface area contributed by atoms with E-state index in [2.05, 4.69) is 0 Å². The SMILES string of the molecule is COC[C@@H](C)N(C(=O)C(F)(F)F)c1cc(F)ccc1C(=O)OC(C)(C)C. The summed E-state index contributed by atoms with van der Waals surface area (Å²) in [5, 5.41) is 0. The molecule has 5 nitrogen and oxygen atoms in total. The molecular formula is C17H21F4NO4. The van der Waals surface area contributed by atoms with Crippen molar-refractivity contribution in [3.63, 3.8) is 0 Å². The van der Waals surface area contributed by atoms with Gasteiger partial charge in [0.1, 0.15) is 11.4 Å². The van der Waals surface area contributed by atoms with E-state index >= 15 is 0 Å². The molecule has 9 heteroatoms. The first-order chi connectivity index (χ1) is 11.8. The Kier molecular flexibility index (Phi) is 6.76. The van der Waals surface area contributed by atoms with E-state index in [0.717, 1.165) is 12.1 Å². The Morgan fingerprint density at radius 3 is 2.23 bits per heavy atom. The maximum absolute atomic E-state index is 13.7. The van der Waals surface area contributed by atoms with Gasteiger partial charge < -0.3 is 9.47 Å². The maximum Gasteiger partial charge on any atom is 0.471 e. The second-order valence-corrected chi connectivity index (χ2v) is 6.64. The van der Waals surface area contributed by atoms with E-state index in [0.29, 0.717) is 11.0 Å². The molecule has 1 aromatic carbocycles. The molecule has 146 valence electrons. The number of alkyl halides is 3. The van der Waals surface area contributed by atoms with E-state index in [-0.39, 0.29) is 12.2 Å². The fourth-order valence-electron chi connectivity index (χ4n) is 2.21. The normalized spacial score (nSPS) is 13.3. The minimum absolute atomic E-state index is 0.258. The first-order valence-corrected chi connectivity index (χ1v) is 7.70. The van der Waals surface area contributed by atoms with Crippen LogP contribution in [0.25, 0.3) is 0 Å². The Hall–Kier alpha value is -2.16. The molecule has 0 saturated heterocycles. The van der Waals surface area contributed by atoms with Gasteiger partial charge >= 0.3 is 18.1 Å². The number of hydrogen-bond donors (Lipinski definition) is 0. The first kappa shape index (κ1) is 21.9. The number of amides is 1. The van der Waals surface area contributed by atoms with E-state index in [1.807, 2.05) is 0 Å². The summed E-state index contributed by atoms with van der Waals surface area (Å²) in [5.74, 6) is -4.12. The molecule has 0 unspecified atom stereocenters. The number of carbonyl (C=O) groups is 2. The lowest BCUT2D eigenvalue weighted by atomic mass is 10.1. The summed E-state index contributed by atoms with van der Waals surface area (Å²) in [7, 11) is 1.24. The summed E-state index contributed by atoms with van der Waals surface area (Å²) in [5.41, 5.74) is -1.83. The van der Waals surface area contributed by atoms with Crippen LogP contribution in [0.2, 0.25) is 0 Å². The second-order valence-electron chi connectivity index (χ2n) is 6.64. The number of hydrogen-bond acceptors (Lipinski definition) is 4. The predicted octanol–water partition coefficient (Wildman–Crippen LogP) is 3.71. The Morgan fingerprint density at radius 1 is 1.19 bits per heavy atom. The number of ether oxygens (including phenoxy) is 2. The lowest BCUT2D eigenvalue weighted by Crippen LogP contribution is -2.48. The van der Waals surface area contributed by atoms with Crippen molar-refractivity contribution >= 4 is 17.6 Å². The number of anilines is 1. The van der Waals surface area contributed by atoms with Crippen molar-refractivity contribution in [3.05, 3.63) is 29.6 Å². The van der Waals surface area contributed by atoms with Gasteiger partial charge in [-0.15, -0.1) is 0 Å². The lowest BCUT2D eigenvalue weighted by molar-refractivity contribution is -0.171. The molecule has 0 aliphatic rings. The summed E-state index contributed by atoms with van der Waals surface area (Å²) in [6, 6.07) is 1.46. The number of halogens is 4. The van der Waals surface area contributed by atoms with Gasteiger partial charge in [0, 0.05) is 7.11 Å². The Labute approximate surface area is 148 Å². The van der Waals surface area contributed by atoms with Gasteiger partial charge in [0.15, 0.2) is 0 Å². The molecule has 0 radical (unpaired) electrons. The van der Waals surface area contributed by atoms with Crippen molar-refractivity contribution in [2.24, 2.45) is 0 Å². The molecule has 0 aromatic heterocycles. The zero-order chi connectivity index (χ0) is 20.3. The van der Waals surface area contributed by atoms with Crippen molar-refractivity contribution in [1.29, 1.82) is 0 Å². The maximum atomic E-state index is 13.7. The van der Waals surface area contributed by atoms with Crippen molar-refractivity contribution in [2.75, 3.05) is 18.6 Å². The number of esters is 1. The molecule has 1 atom stereocenters. The quantitative estimate of drug-likeness (QED) is 0.578. The number of methoxy groups -OCH3 is 1. The first-order valence-electron chi connectivity index (χ1n) is 7.70. The molecule has 0 aliphatic heterocycles. The van der Waals surface area contributed by atoms with Gasteiger partial charge in [-0.05, 0) is 45.9 Å². The molecular weight excluding hydrogens is 358 g/mol. The highest BCUT2D eigenvalue weighted by atomic mass is 19.4. The molecule has 0 N–H and O–H groups in total. The predicted molar refractivity (Wildman–Crippen MR) is 86.4 cm³/mol. The third kappa shape index (κ3) is 5.69. The molecule has 0 heterocycles. The van der Waals surface area contributed by atoms with E-state index in [1.165, 1.54) is 14.0 Å². The highest BCUT2D eigenvalue weighted by molar-refractivity contribution is 6.04. The molecule has 1 aromatic rings. The smallest absolute Gasteiger partial charge is 0.456 e. The summed E-state index contributed by atoms with van der Waals surface area (Å²) in [4.78, 5) is 24.6. The standard InChI is InChI=1S/C17H21F4NO4/c1-10(9-25-5)22(15(24)17(19,20)21)13-8-11(18)6-7-12(13)14(23)26-16(2,3)4/h6-8,10H,9H2,1-5H3/t10-/m1/s1. The summed E-state index contributed by atoms with van der Waals surface area (Å²) >= 11 is 0. The molecule has 26 heavy (non-hydrogen) atoms. The summed E-state index contributed by atoms with van der Waals surface area (Å²) < 4.78 is 62.8. The van der Waals surface area contributed by atoms with Crippen LogP contribution in [0.15, 0.2) is 18.2 Å². The van der Waals surface area contributed by atoms with Crippen LogP contribution >= 0.6 is 0 Å². The second kappa shape index (κ2) is 8.03. The van der Waals surface area contributed by atoms with E-state index in [1.54, 1.807) is 20.8 Å². The molecule has 1 rings (SSSR count). The highest BCUT2D eigenvalue weighted by Gasteiger charge is 2.45. The average Bonchev–Trinajstić information content (AvgIpc) is 2.44. The Morgan fingerprint density at radius 2 is 1.77 bits per heavy atom. The van der Waals surface area contributed by atoms with Gasteiger partial charge in [0.2, 0.25) is 0 Å². The van der Waals surface area contributed by atoms with Gasteiger partial charge in [0.25, 0.3) is 0 Å². The molecule has 1 amide bonds. The van der Waals surface area contributed by atoms with Crippen molar-refractivity contribution in [2.45, 2.75) is 45.5 Å². The van der Waals surface area contributed by atoms with Gasteiger partial charge in [-0.25, -0.2) is 9.18 Å². The Bertz CT molecular complexity index is 668. The monoisotopic (exact) mass is 379 g/mol. The van der Waals surface area contributed by atoms with Crippen LogP contribution in [-0.2, 0) is 14.3 Å². The minimum Gasteiger partial charge on any atom is -0.456 e. The van der Waals surface area contributed by atoms with Crippen molar-refractivity contribution in [1.82, 2.24) is 0 Å². The number of carbonyl (C=O) groups excluding carboxylic acids is 2. The topological polar surface area (TPSA) is 55.8 Å². The number of nitrogens with zero attached hydrogens (tertiary/aromatic N) is 1. The number of benzene rings is 1. The highest BCUT2D eigenvalue weighted by Crippen LogP contribution is 2.30. The van der Waals surface area contributed by atoms with Gasteiger partial charge in [0.05, 0.1) is 23.9 Å². The van der Waals surface area contributed by atoms with Crippen LogP contribution in [0, 0.1) is 5.82 Å². The van der Waals surface area contributed by atoms with Gasteiger partial charge in [-0.2, -0.15) is 13.2 Å². The van der Waals surface area contributed by atoms with Crippen LogP contribution in [0.5, 0.6) is 0 Å². The van der Waals surface area contributed by atoms with Gasteiger partial charge in [-0.1, -0.05) is 0 Å². The lowest BCUT2D eigenvalue weighted by Gasteiger charge is -2.31. The molecule has 0 bridgehead atoms. The third-order valence-corrected chi connectivity index (χ3v) is 3.15. The largest absolute Gasteiger partial charge is 0.471 e. The zero-order valence-corrected chi connectivity index (χ0v) is 15.1. The number of rotatable bonds is 5. The van der Waals surface area contributed by atoms with Crippen LogP contribution < -0.4 is 4.90 Å². The van der Waals surface area contributed by atoms with E-state index in [4.69, 9.17) is 9.47 Å². The van der Waals surface area contributed by atoms with Crippen LogP contribution in [0.1, 0.15) is 38.1 Å².